The van der Waals surface area contributed by atoms with Crippen LogP contribution in [-0.4, -0.2) is 4.98 Å². The van der Waals surface area contributed by atoms with Crippen LogP contribution in [0.2, 0.25) is 0 Å². The van der Waals surface area contributed by atoms with E-state index in [4.69, 9.17) is 9.40 Å². The van der Waals surface area contributed by atoms with Gasteiger partial charge in [0, 0.05) is 42.2 Å². The van der Waals surface area contributed by atoms with E-state index in [1.54, 1.807) is 0 Å². The Hall–Kier alpha value is -7.53. The second-order valence-electron chi connectivity index (χ2n) is 15.1. The van der Waals surface area contributed by atoms with Crippen LogP contribution in [0.4, 0.5) is 17.1 Å². The fourth-order valence-electron chi connectivity index (χ4n) is 8.84. The van der Waals surface area contributed by atoms with Gasteiger partial charge in [-0.3, -0.25) is 0 Å². The third kappa shape index (κ3) is 5.60. The molecule has 0 aliphatic heterocycles. The summed E-state index contributed by atoms with van der Waals surface area (Å²) in [4.78, 5) is 7.43. The summed E-state index contributed by atoms with van der Waals surface area (Å²) in [6.45, 7) is 0. The van der Waals surface area contributed by atoms with Crippen molar-refractivity contribution in [1.82, 2.24) is 4.98 Å². The summed E-state index contributed by atoms with van der Waals surface area (Å²) in [5.41, 5.74) is 10.8. The minimum absolute atomic E-state index is 0.639. The van der Waals surface area contributed by atoms with Crippen molar-refractivity contribution in [3.63, 3.8) is 0 Å². The third-order valence-electron chi connectivity index (χ3n) is 11.7. The highest BCUT2D eigenvalue weighted by Gasteiger charge is 2.21. The Kier molecular flexibility index (Phi) is 7.72. The molecule has 12 aromatic rings. The van der Waals surface area contributed by atoms with Crippen LogP contribution in [0.15, 0.2) is 211 Å². The summed E-state index contributed by atoms with van der Waals surface area (Å²) in [6.07, 6.45) is 0. The van der Waals surface area contributed by atoms with Gasteiger partial charge in [-0.25, -0.2) is 4.98 Å². The first kappa shape index (κ1) is 33.6. The smallest absolute Gasteiger partial charge is 0.227 e. The van der Waals surface area contributed by atoms with Gasteiger partial charge in [-0.05, 0) is 104 Å². The van der Waals surface area contributed by atoms with Gasteiger partial charge in [-0.2, -0.15) is 0 Å². The molecule has 276 valence electrons. The Morgan fingerprint density at radius 2 is 1.08 bits per heavy atom. The number of benzene rings is 10. The SMILES string of the molecule is c1ccc(N(c2ccc(-c3ccc(-c4ccc5c(ccc6oc(-c7ccc8ccccc8c7)nc65)c4)cc3)c3ccccc23)c2cccc3sc4ccccc4c23)cc1. The molecule has 0 spiro atoms. The predicted octanol–water partition coefficient (Wildman–Crippen LogP) is 16.1. The van der Waals surface area contributed by atoms with Crippen molar-refractivity contribution in [1.29, 1.82) is 0 Å². The molecule has 12 rings (SSSR count). The van der Waals surface area contributed by atoms with Gasteiger partial charge in [0.1, 0.15) is 5.52 Å². The molecule has 0 bridgehead atoms. The number of thiophene rings is 1. The van der Waals surface area contributed by atoms with Crippen LogP contribution in [0.25, 0.3) is 97.3 Å². The molecular weight excluding hydrogens is 737 g/mol. The van der Waals surface area contributed by atoms with Gasteiger partial charge in [0.15, 0.2) is 5.58 Å². The maximum atomic E-state index is 6.29. The number of oxazole rings is 1. The fraction of sp³-hybridized carbons (Fsp3) is 0. The highest BCUT2D eigenvalue weighted by molar-refractivity contribution is 7.26. The summed E-state index contributed by atoms with van der Waals surface area (Å²) in [5, 5.41) is 9.57. The molecule has 10 aromatic carbocycles. The maximum absolute atomic E-state index is 6.29. The quantitative estimate of drug-likeness (QED) is 0.169. The van der Waals surface area contributed by atoms with Gasteiger partial charge in [-0.1, -0.05) is 146 Å². The van der Waals surface area contributed by atoms with Crippen LogP contribution in [0.5, 0.6) is 0 Å². The molecule has 0 unspecified atom stereocenters. The number of aromatic nitrogens is 1. The molecule has 0 saturated carbocycles. The van der Waals surface area contributed by atoms with Crippen molar-refractivity contribution in [3.8, 4) is 33.7 Å². The van der Waals surface area contributed by atoms with Crippen molar-refractivity contribution >= 4 is 92.0 Å². The highest BCUT2D eigenvalue weighted by Crippen LogP contribution is 2.47. The van der Waals surface area contributed by atoms with Crippen LogP contribution in [0, 0.1) is 0 Å². The molecule has 0 amide bonds. The van der Waals surface area contributed by atoms with E-state index in [0.717, 1.165) is 44.4 Å². The lowest BCUT2D eigenvalue weighted by atomic mass is 9.94. The van der Waals surface area contributed by atoms with Crippen LogP contribution in [0.1, 0.15) is 0 Å². The minimum Gasteiger partial charge on any atom is -0.436 e. The van der Waals surface area contributed by atoms with Crippen LogP contribution in [-0.2, 0) is 0 Å². The molecule has 0 saturated heterocycles. The van der Waals surface area contributed by atoms with E-state index in [1.165, 1.54) is 64.1 Å². The van der Waals surface area contributed by atoms with Gasteiger partial charge in [0.05, 0.1) is 11.4 Å². The van der Waals surface area contributed by atoms with E-state index in [2.05, 4.69) is 205 Å². The average Bonchev–Trinajstić information content (AvgIpc) is 3.92. The van der Waals surface area contributed by atoms with Gasteiger partial charge in [0.2, 0.25) is 5.89 Å². The molecular formula is C55H34N2OS. The Bertz CT molecular complexity index is 3570. The number of para-hydroxylation sites is 1. The summed E-state index contributed by atoms with van der Waals surface area (Å²) >= 11 is 1.85. The Morgan fingerprint density at radius 1 is 0.407 bits per heavy atom. The molecule has 4 heteroatoms. The molecule has 59 heavy (non-hydrogen) atoms. The highest BCUT2D eigenvalue weighted by atomic mass is 32.1. The zero-order valence-corrected chi connectivity index (χ0v) is 32.7. The van der Waals surface area contributed by atoms with Gasteiger partial charge >= 0.3 is 0 Å². The normalized spacial score (nSPS) is 11.7. The molecule has 0 fully saturated rings. The molecule has 0 aliphatic rings. The number of fused-ring (bicyclic) bond motifs is 8. The first-order valence-corrected chi connectivity index (χ1v) is 20.8. The number of hydrogen-bond donors (Lipinski definition) is 0. The van der Waals surface area contributed by atoms with Crippen molar-refractivity contribution in [2.75, 3.05) is 4.90 Å². The molecule has 0 aliphatic carbocycles. The lowest BCUT2D eigenvalue weighted by Gasteiger charge is -2.28. The summed E-state index contributed by atoms with van der Waals surface area (Å²) in [6, 6.07) is 74.1. The molecule has 0 N–H and O–H groups in total. The number of nitrogens with zero attached hydrogens (tertiary/aromatic N) is 2. The second-order valence-corrected chi connectivity index (χ2v) is 16.2. The Labute approximate surface area is 344 Å². The van der Waals surface area contributed by atoms with E-state index < -0.39 is 0 Å². The summed E-state index contributed by atoms with van der Waals surface area (Å²) in [5.74, 6) is 0.639. The third-order valence-corrected chi connectivity index (χ3v) is 12.8. The predicted molar refractivity (Wildman–Crippen MR) is 250 cm³/mol. The fourth-order valence-corrected chi connectivity index (χ4v) is 9.97. The molecule has 3 nitrogen and oxygen atoms in total. The van der Waals surface area contributed by atoms with Crippen molar-refractivity contribution in [3.05, 3.63) is 206 Å². The van der Waals surface area contributed by atoms with Crippen LogP contribution < -0.4 is 4.90 Å². The Balaban J connectivity index is 0.913. The standard InChI is InChI=1S/C55H34N2OS/c1-2-13-42(14-3-1)57(49-18-10-20-52-53(49)47-17-8-9-19-51(47)59-52)48-31-30-43(45-15-6-7-16-46(45)48)37-24-21-36(22-25-37)39-27-29-44-40(33-39)28-32-50-54(44)56-55(58-50)41-26-23-35-11-4-5-12-38(35)34-41/h1-34H. The first-order valence-electron chi connectivity index (χ1n) is 19.9. The summed E-state index contributed by atoms with van der Waals surface area (Å²) in [7, 11) is 0. The van der Waals surface area contributed by atoms with Crippen LogP contribution in [0.3, 0.4) is 0 Å². The zero-order valence-electron chi connectivity index (χ0n) is 31.8. The number of rotatable bonds is 6. The van der Waals surface area contributed by atoms with E-state index in [9.17, 15) is 0 Å². The lowest BCUT2D eigenvalue weighted by molar-refractivity contribution is 0.620. The van der Waals surface area contributed by atoms with E-state index in [1.807, 2.05) is 17.4 Å². The molecule has 0 atom stereocenters. The number of anilines is 3. The van der Waals surface area contributed by atoms with E-state index >= 15 is 0 Å². The average molecular weight is 771 g/mol. The first-order chi connectivity index (χ1) is 29.2. The lowest BCUT2D eigenvalue weighted by Crippen LogP contribution is -2.11. The molecule has 2 aromatic heterocycles. The second kappa shape index (κ2) is 13.6. The molecule has 0 radical (unpaired) electrons. The van der Waals surface area contributed by atoms with Crippen LogP contribution >= 0.6 is 11.3 Å². The van der Waals surface area contributed by atoms with Crippen molar-refractivity contribution in [2.45, 2.75) is 0 Å². The monoisotopic (exact) mass is 770 g/mol. The zero-order chi connectivity index (χ0) is 38.9. The van der Waals surface area contributed by atoms with E-state index in [0.29, 0.717) is 5.89 Å². The van der Waals surface area contributed by atoms with Gasteiger partial charge in [0.25, 0.3) is 0 Å². The summed E-state index contributed by atoms with van der Waals surface area (Å²) < 4.78 is 8.88. The Morgan fingerprint density at radius 3 is 1.97 bits per heavy atom. The van der Waals surface area contributed by atoms with E-state index in [-0.39, 0.29) is 0 Å². The maximum Gasteiger partial charge on any atom is 0.227 e. The number of hydrogen-bond acceptors (Lipinski definition) is 4. The van der Waals surface area contributed by atoms with Gasteiger partial charge < -0.3 is 9.32 Å². The molecule has 2 heterocycles. The topological polar surface area (TPSA) is 29.3 Å². The van der Waals surface area contributed by atoms with Crippen molar-refractivity contribution in [2.24, 2.45) is 0 Å². The van der Waals surface area contributed by atoms with Crippen molar-refractivity contribution < 1.29 is 4.42 Å². The minimum atomic E-state index is 0.639. The van der Waals surface area contributed by atoms with Gasteiger partial charge in [-0.15, -0.1) is 11.3 Å². The largest absolute Gasteiger partial charge is 0.436 e.